The Labute approximate surface area is 117 Å². The second-order valence-corrected chi connectivity index (χ2v) is 5.08. The molecular formula is C10H20N2O4S2. The number of unbranched alkanes of at least 4 members (excludes halogenated alkanes) is 1. The van der Waals surface area contributed by atoms with Gasteiger partial charge in [0.05, 0.1) is 0 Å². The molecule has 0 amide bonds. The van der Waals surface area contributed by atoms with Crippen molar-refractivity contribution in [3.05, 3.63) is 0 Å². The molecule has 0 aromatic carbocycles. The summed E-state index contributed by atoms with van der Waals surface area (Å²) in [6.45, 7) is 0. The largest absolute Gasteiger partial charge is 0.480 e. The van der Waals surface area contributed by atoms with Crippen molar-refractivity contribution in [1.29, 1.82) is 0 Å². The van der Waals surface area contributed by atoms with Gasteiger partial charge in [0, 0.05) is 11.5 Å². The Morgan fingerprint density at radius 1 is 0.889 bits per heavy atom. The summed E-state index contributed by atoms with van der Waals surface area (Å²) < 4.78 is 0. The fraction of sp³-hybridized carbons (Fsp3) is 0.800. The second-order valence-electron chi connectivity index (χ2n) is 4.45. The number of nitrogens with two attached hydrogens (primary N) is 2. The van der Waals surface area contributed by atoms with Gasteiger partial charge < -0.3 is 21.7 Å². The van der Waals surface area contributed by atoms with E-state index in [1.807, 2.05) is 0 Å². The van der Waals surface area contributed by atoms with E-state index >= 15 is 0 Å². The maximum Gasteiger partial charge on any atom is 0.324 e. The predicted molar refractivity (Wildman–Crippen MR) is 75.3 cm³/mol. The van der Waals surface area contributed by atoms with Crippen molar-refractivity contribution in [1.82, 2.24) is 0 Å². The van der Waals surface area contributed by atoms with Gasteiger partial charge in [-0.25, -0.2) is 0 Å². The van der Waals surface area contributed by atoms with Crippen LogP contribution < -0.4 is 11.5 Å². The first kappa shape index (κ1) is 17.6. The first-order chi connectivity index (χ1) is 8.22. The Balaban J connectivity index is 4.21. The molecule has 18 heavy (non-hydrogen) atoms. The van der Waals surface area contributed by atoms with Crippen LogP contribution >= 0.6 is 25.3 Å². The molecule has 0 aliphatic rings. The van der Waals surface area contributed by atoms with E-state index in [0.717, 1.165) is 0 Å². The number of carboxylic acid groups (broad SMARTS) is 2. The highest BCUT2D eigenvalue weighted by Crippen LogP contribution is 2.19. The topological polar surface area (TPSA) is 127 Å². The summed E-state index contributed by atoms with van der Waals surface area (Å²) in [5.41, 5.74) is 8.55. The molecule has 2 atom stereocenters. The van der Waals surface area contributed by atoms with Crippen molar-refractivity contribution < 1.29 is 19.8 Å². The lowest BCUT2D eigenvalue weighted by Crippen LogP contribution is -2.51. The molecule has 0 aromatic heterocycles. The fourth-order valence-electron chi connectivity index (χ4n) is 1.39. The molecule has 0 heterocycles. The van der Waals surface area contributed by atoms with E-state index in [4.69, 9.17) is 21.7 Å². The third kappa shape index (κ3) is 4.68. The van der Waals surface area contributed by atoms with Crippen molar-refractivity contribution >= 4 is 37.2 Å². The molecule has 0 aliphatic heterocycles. The molecule has 8 heteroatoms. The minimum atomic E-state index is -1.37. The number of thiol groups is 2. The second kappa shape index (κ2) is 7.22. The summed E-state index contributed by atoms with van der Waals surface area (Å²) >= 11 is 7.83. The van der Waals surface area contributed by atoms with Crippen LogP contribution in [0, 0.1) is 0 Å². The van der Waals surface area contributed by atoms with Crippen LogP contribution in [0.5, 0.6) is 0 Å². The third-order valence-corrected chi connectivity index (χ3v) is 4.04. The van der Waals surface area contributed by atoms with Crippen LogP contribution in [0.3, 0.4) is 0 Å². The zero-order chi connectivity index (χ0) is 14.4. The zero-order valence-electron chi connectivity index (χ0n) is 10.0. The first-order valence-electron chi connectivity index (χ1n) is 5.48. The quantitative estimate of drug-likeness (QED) is 0.262. The molecule has 0 bridgehead atoms. The van der Waals surface area contributed by atoms with Crippen LogP contribution in [0.1, 0.15) is 25.7 Å². The highest BCUT2D eigenvalue weighted by Gasteiger charge is 2.34. The standard InChI is InChI=1S/C10H20N2O4S2/c11-9(5-17,7(13)14)3-1-2-4-10(12,6-18)8(15)16/h17-18H,1-6,11-12H2,(H,13,14)(H,15,16). The van der Waals surface area contributed by atoms with E-state index in [1.165, 1.54) is 0 Å². The Morgan fingerprint density at radius 3 is 1.33 bits per heavy atom. The summed E-state index contributed by atoms with van der Waals surface area (Å²) in [6, 6.07) is 0. The third-order valence-electron chi connectivity index (χ3n) is 2.91. The lowest BCUT2D eigenvalue weighted by Gasteiger charge is -2.25. The van der Waals surface area contributed by atoms with E-state index in [0.29, 0.717) is 12.8 Å². The molecule has 0 fully saturated rings. The average molecular weight is 296 g/mol. The summed E-state index contributed by atoms with van der Waals surface area (Å²) in [6.07, 6.45) is 1.41. The molecule has 0 saturated heterocycles. The highest BCUT2D eigenvalue weighted by molar-refractivity contribution is 7.80. The van der Waals surface area contributed by atoms with Crippen LogP contribution in [0.4, 0.5) is 0 Å². The number of rotatable bonds is 9. The fourth-order valence-corrected chi connectivity index (χ4v) is 1.97. The number of carboxylic acids is 2. The van der Waals surface area contributed by atoms with Crippen LogP contribution in [0.25, 0.3) is 0 Å². The van der Waals surface area contributed by atoms with Gasteiger partial charge in [-0.15, -0.1) is 0 Å². The maximum absolute atomic E-state index is 10.9. The highest BCUT2D eigenvalue weighted by atomic mass is 32.1. The molecule has 6 nitrogen and oxygen atoms in total. The maximum atomic E-state index is 10.9. The first-order valence-corrected chi connectivity index (χ1v) is 6.74. The van der Waals surface area contributed by atoms with Crippen molar-refractivity contribution in [2.75, 3.05) is 11.5 Å². The van der Waals surface area contributed by atoms with Gasteiger partial charge in [-0.2, -0.15) is 25.3 Å². The number of carbonyl (C=O) groups is 2. The lowest BCUT2D eigenvalue weighted by molar-refractivity contribution is -0.144. The van der Waals surface area contributed by atoms with Crippen molar-refractivity contribution in [3.63, 3.8) is 0 Å². The molecule has 0 aromatic rings. The lowest BCUT2D eigenvalue weighted by atomic mass is 9.91. The molecular weight excluding hydrogens is 276 g/mol. The van der Waals surface area contributed by atoms with Crippen LogP contribution in [-0.4, -0.2) is 44.7 Å². The molecule has 0 saturated carbocycles. The van der Waals surface area contributed by atoms with Gasteiger partial charge in [-0.1, -0.05) is 12.8 Å². The van der Waals surface area contributed by atoms with Crippen molar-refractivity contribution in [2.45, 2.75) is 36.8 Å². The summed E-state index contributed by atoms with van der Waals surface area (Å²) in [5.74, 6) is -2.16. The number of hydrogen-bond acceptors (Lipinski definition) is 6. The minimum Gasteiger partial charge on any atom is -0.480 e. The van der Waals surface area contributed by atoms with Gasteiger partial charge in [0.15, 0.2) is 0 Å². The van der Waals surface area contributed by atoms with Crippen LogP contribution in [0.15, 0.2) is 0 Å². The molecule has 6 N–H and O–H groups in total. The summed E-state index contributed by atoms with van der Waals surface area (Å²) in [5, 5.41) is 17.8. The van der Waals surface area contributed by atoms with Gasteiger partial charge >= 0.3 is 11.9 Å². The summed E-state index contributed by atoms with van der Waals surface area (Å²) in [4.78, 5) is 21.8. The molecule has 0 spiro atoms. The van der Waals surface area contributed by atoms with Crippen LogP contribution in [0.2, 0.25) is 0 Å². The van der Waals surface area contributed by atoms with Gasteiger partial charge in [0.2, 0.25) is 0 Å². The van der Waals surface area contributed by atoms with E-state index in [-0.39, 0.29) is 24.3 Å². The molecule has 106 valence electrons. The smallest absolute Gasteiger partial charge is 0.324 e. The Morgan fingerprint density at radius 2 is 1.17 bits per heavy atom. The van der Waals surface area contributed by atoms with Gasteiger partial charge in [0.25, 0.3) is 0 Å². The van der Waals surface area contributed by atoms with E-state index in [1.54, 1.807) is 0 Å². The van der Waals surface area contributed by atoms with Crippen molar-refractivity contribution in [2.24, 2.45) is 11.5 Å². The van der Waals surface area contributed by atoms with Gasteiger partial charge in [0.1, 0.15) is 11.1 Å². The normalized spacial score (nSPS) is 17.8. The monoisotopic (exact) mass is 296 g/mol. The Bertz CT molecular complexity index is 286. The van der Waals surface area contributed by atoms with Crippen LogP contribution in [-0.2, 0) is 9.59 Å². The Kier molecular flexibility index (Phi) is 7.05. The predicted octanol–water partition coefficient (Wildman–Crippen LogP) is -0.0294. The number of aliphatic carboxylic acids is 2. The van der Waals surface area contributed by atoms with Crippen molar-refractivity contribution in [3.8, 4) is 0 Å². The Hall–Kier alpha value is -0.440. The summed E-state index contributed by atoms with van der Waals surface area (Å²) in [7, 11) is 0. The minimum absolute atomic E-state index is 0.0294. The number of hydrogen-bond donors (Lipinski definition) is 6. The van der Waals surface area contributed by atoms with E-state index < -0.39 is 23.0 Å². The average Bonchev–Trinajstić information content (AvgIpc) is 2.33. The molecule has 0 rings (SSSR count). The van der Waals surface area contributed by atoms with E-state index in [9.17, 15) is 9.59 Å². The molecule has 0 radical (unpaired) electrons. The molecule has 0 aliphatic carbocycles. The SMILES string of the molecule is NC(CS)(CCCCC(N)(CS)C(=O)O)C(=O)O. The van der Waals surface area contributed by atoms with Gasteiger partial charge in [-0.05, 0) is 12.8 Å². The van der Waals surface area contributed by atoms with Gasteiger partial charge in [-0.3, -0.25) is 9.59 Å². The van der Waals surface area contributed by atoms with E-state index in [2.05, 4.69) is 25.3 Å². The molecule has 2 unspecified atom stereocenters. The zero-order valence-corrected chi connectivity index (χ0v) is 11.8.